The van der Waals surface area contributed by atoms with Crippen molar-refractivity contribution in [1.29, 1.82) is 0 Å². The van der Waals surface area contributed by atoms with Gasteiger partial charge in [0.25, 0.3) is 0 Å². The van der Waals surface area contributed by atoms with E-state index < -0.39 is 0 Å². The molecule has 94 valence electrons. The fourth-order valence-electron chi connectivity index (χ4n) is 2.66. The number of methoxy groups -OCH3 is 1. The van der Waals surface area contributed by atoms with Crippen LogP contribution in [-0.2, 0) is 0 Å². The minimum absolute atomic E-state index is 0.506. The lowest BCUT2D eigenvalue weighted by Crippen LogP contribution is -2.06. The van der Waals surface area contributed by atoms with Crippen molar-refractivity contribution in [3.8, 4) is 5.75 Å². The number of rotatable bonds is 3. The van der Waals surface area contributed by atoms with Crippen molar-refractivity contribution >= 4 is 15.9 Å². The van der Waals surface area contributed by atoms with Gasteiger partial charge in [0.15, 0.2) is 0 Å². The van der Waals surface area contributed by atoms with E-state index in [1.54, 1.807) is 7.11 Å². The monoisotopic (exact) mass is 296 g/mol. The van der Waals surface area contributed by atoms with E-state index in [2.05, 4.69) is 40.2 Å². The quantitative estimate of drug-likeness (QED) is 0.557. The van der Waals surface area contributed by atoms with Crippen LogP contribution in [0.1, 0.15) is 48.9 Å². The fraction of sp³-hybridized carbons (Fsp3) is 0.600. The number of hydrogen-bond donors (Lipinski definition) is 0. The lowest BCUT2D eigenvalue weighted by Gasteiger charge is -2.21. The summed E-state index contributed by atoms with van der Waals surface area (Å²) >= 11 is 3.89. The second-order valence-corrected chi connectivity index (χ2v) is 5.91. The molecule has 0 N–H and O–H groups in total. The maximum Gasteiger partial charge on any atom is 0.118 e. The average Bonchev–Trinajstić information content (AvgIpc) is 2.67. The molecule has 0 saturated heterocycles. The van der Waals surface area contributed by atoms with Crippen LogP contribution in [0.3, 0.4) is 0 Å². The molecule has 1 aromatic rings. The normalized spacial score (nSPS) is 19.6. The third kappa shape index (κ3) is 3.48. The van der Waals surface area contributed by atoms with E-state index in [9.17, 15) is 0 Å². The van der Waals surface area contributed by atoms with Crippen molar-refractivity contribution in [3.05, 3.63) is 29.8 Å². The zero-order chi connectivity index (χ0) is 12.1. The second kappa shape index (κ2) is 6.44. The van der Waals surface area contributed by atoms with Gasteiger partial charge in [-0.05, 0) is 36.5 Å². The Morgan fingerprint density at radius 3 is 2.18 bits per heavy atom. The molecular formula is C15H21BrO. The maximum atomic E-state index is 5.20. The minimum atomic E-state index is 0.506. The van der Waals surface area contributed by atoms with Crippen molar-refractivity contribution in [1.82, 2.24) is 0 Å². The van der Waals surface area contributed by atoms with E-state index in [1.807, 2.05) is 0 Å². The summed E-state index contributed by atoms with van der Waals surface area (Å²) < 4.78 is 5.20. The first-order valence-corrected chi connectivity index (χ1v) is 7.51. The molecule has 2 heteroatoms. The molecule has 0 aliphatic heterocycles. The standard InChI is InChI=1S/C15H21BrO/c1-17-14-10-8-13(9-11-14)15(16)12-6-4-2-3-5-7-12/h8-12,15H,2-7H2,1H3. The molecule has 1 nitrogen and oxygen atoms in total. The van der Waals surface area contributed by atoms with Gasteiger partial charge in [0.2, 0.25) is 0 Å². The van der Waals surface area contributed by atoms with Gasteiger partial charge in [-0.3, -0.25) is 0 Å². The molecule has 1 unspecified atom stereocenters. The Hall–Kier alpha value is -0.500. The molecule has 1 atom stereocenters. The average molecular weight is 297 g/mol. The van der Waals surface area contributed by atoms with Crippen LogP contribution in [0.5, 0.6) is 5.75 Å². The predicted molar refractivity (Wildman–Crippen MR) is 75.9 cm³/mol. The van der Waals surface area contributed by atoms with Gasteiger partial charge in [-0.2, -0.15) is 0 Å². The Bertz CT molecular complexity index is 325. The predicted octanol–water partition coefficient (Wildman–Crippen LogP) is 5.10. The first-order valence-electron chi connectivity index (χ1n) is 6.59. The van der Waals surface area contributed by atoms with Crippen LogP contribution in [-0.4, -0.2) is 7.11 Å². The molecule has 1 saturated carbocycles. The van der Waals surface area contributed by atoms with Crippen molar-refractivity contribution in [2.45, 2.75) is 43.4 Å². The Balaban J connectivity index is 2.03. The molecule has 0 amide bonds. The summed E-state index contributed by atoms with van der Waals surface area (Å²) in [6.07, 6.45) is 8.34. The zero-order valence-electron chi connectivity index (χ0n) is 10.5. The van der Waals surface area contributed by atoms with Gasteiger partial charge in [0, 0.05) is 4.83 Å². The first kappa shape index (κ1) is 12.9. The number of hydrogen-bond acceptors (Lipinski definition) is 1. The summed E-state index contributed by atoms with van der Waals surface area (Å²) in [5, 5.41) is 0. The lowest BCUT2D eigenvalue weighted by atomic mass is 9.92. The third-order valence-corrected chi connectivity index (χ3v) is 5.02. The van der Waals surface area contributed by atoms with Crippen molar-refractivity contribution < 1.29 is 4.74 Å². The van der Waals surface area contributed by atoms with Gasteiger partial charge in [-0.1, -0.05) is 53.7 Å². The van der Waals surface area contributed by atoms with Gasteiger partial charge in [-0.15, -0.1) is 0 Å². The summed E-state index contributed by atoms with van der Waals surface area (Å²) in [5.74, 6) is 1.74. The van der Waals surface area contributed by atoms with Crippen LogP contribution in [0.2, 0.25) is 0 Å². The highest BCUT2D eigenvalue weighted by Crippen LogP contribution is 2.39. The van der Waals surface area contributed by atoms with Crippen LogP contribution < -0.4 is 4.74 Å². The van der Waals surface area contributed by atoms with Gasteiger partial charge >= 0.3 is 0 Å². The van der Waals surface area contributed by atoms with Gasteiger partial charge < -0.3 is 4.74 Å². The van der Waals surface area contributed by atoms with Crippen LogP contribution in [0.25, 0.3) is 0 Å². The van der Waals surface area contributed by atoms with Crippen molar-refractivity contribution in [2.24, 2.45) is 5.92 Å². The molecule has 2 rings (SSSR count). The molecule has 0 radical (unpaired) electrons. The molecule has 1 aromatic carbocycles. The maximum absolute atomic E-state index is 5.20. The fourth-order valence-corrected chi connectivity index (χ4v) is 3.50. The van der Waals surface area contributed by atoms with E-state index in [4.69, 9.17) is 4.74 Å². The van der Waals surface area contributed by atoms with E-state index in [0.29, 0.717) is 4.83 Å². The van der Waals surface area contributed by atoms with E-state index in [0.717, 1.165) is 11.7 Å². The summed E-state index contributed by atoms with van der Waals surface area (Å²) in [6, 6.07) is 8.48. The largest absolute Gasteiger partial charge is 0.497 e. The highest BCUT2D eigenvalue weighted by molar-refractivity contribution is 9.09. The summed E-state index contributed by atoms with van der Waals surface area (Å²) in [7, 11) is 1.71. The molecule has 0 aromatic heterocycles. The Morgan fingerprint density at radius 1 is 1.06 bits per heavy atom. The smallest absolute Gasteiger partial charge is 0.118 e. The molecule has 1 aliphatic rings. The lowest BCUT2D eigenvalue weighted by molar-refractivity contribution is 0.414. The molecule has 1 fully saturated rings. The zero-order valence-corrected chi connectivity index (χ0v) is 12.1. The highest BCUT2D eigenvalue weighted by atomic mass is 79.9. The van der Waals surface area contributed by atoms with Crippen LogP contribution in [0, 0.1) is 5.92 Å². The number of ether oxygens (including phenoxy) is 1. The topological polar surface area (TPSA) is 9.23 Å². The molecule has 0 heterocycles. The van der Waals surface area contributed by atoms with Crippen LogP contribution in [0.15, 0.2) is 24.3 Å². The van der Waals surface area contributed by atoms with Crippen LogP contribution in [0.4, 0.5) is 0 Å². The van der Waals surface area contributed by atoms with E-state index in [-0.39, 0.29) is 0 Å². The number of halogens is 1. The summed E-state index contributed by atoms with van der Waals surface area (Å²) in [5.41, 5.74) is 1.39. The highest BCUT2D eigenvalue weighted by Gasteiger charge is 2.21. The van der Waals surface area contributed by atoms with Gasteiger partial charge in [-0.25, -0.2) is 0 Å². The minimum Gasteiger partial charge on any atom is -0.497 e. The summed E-state index contributed by atoms with van der Waals surface area (Å²) in [6.45, 7) is 0. The molecule has 17 heavy (non-hydrogen) atoms. The Morgan fingerprint density at radius 2 is 1.65 bits per heavy atom. The molecular weight excluding hydrogens is 276 g/mol. The van der Waals surface area contributed by atoms with Crippen molar-refractivity contribution in [3.63, 3.8) is 0 Å². The Kier molecular flexibility index (Phi) is 4.90. The van der Waals surface area contributed by atoms with Crippen LogP contribution >= 0.6 is 15.9 Å². The molecule has 1 aliphatic carbocycles. The first-order chi connectivity index (χ1) is 8.31. The van der Waals surface area contributed by atoms with E-state index in [1.165, 1.54) is 44.1 Å². The van der Waals surface area contributed by atoms with Gasteiger partial charge in [0.1, 0.15) is 5.75 Å². The molecule has 0 spiro atoms. The van der Waals surface area contributed by atoms with E-state index >= 15 is 0 Å². The SMILES string of the molecule is COc1ccc(C(Br)C2CCCCCC2)cc1. The number of benzene rings is 1. The second-order valence-electron chi connectivity index (χ2n) is 4.93. The molecule has 0 bridgehead atoms. The van der Waals surface area contributed by atoms with Gasteiger partial charge in [0.05, 0.1) is 7.11 Å². The Labute approximate surface area is 113 Å². The third-order valence-electron chi connectivity index (χ3n) is 3.75. The summed E-state index contributed by atoms with van der Waals surface area (Å²) in [4.78, 5) is 0.506. The number of alkyl halides is 1. The van der Waals surface area contributed by atoms with Crippen molar-refractivity contribution in [2.75, 3.05) is 7.11 Å².